The van der Waals surface area contributed by atoms with Gasteiger partial charge in [0.05, 0.1) is 6.61 Å². The highest BCUT2D eigenvalue weighted by molar-refractivity contribution is 5.67. The molecule has 0 bridgehead atoms. The Bertz CT molecular complexity index is 717. The highest BCUT2D eigenvalue weighted by Gasteiger charge is 2.00. The van der Waals surface area contributed by atoms with Crippen molar-refractivity contribution in [3.63, 3.8) is 0 Å². The number of amides is 1. The van der Waals surface area contributed by atoms with Crippen LogP contribution in [-0.2, 0) is 11.3 Å². The maximum Gasteiger partial charge on any atom is 0.407 e. The standard InChI is InChI=1S/C21H23NO3/c1-2-15-24-20-13-8-12-18(16-20)9-6-7-14-22-21(23)25-17-19-10-4-3-5-11-19/h3-5,8,10-13,16H,2,7,14-15,17H2,1H3,(H,22,23). The fraction of sp³-hybridized carbons (Fsp3) is 0.286. The number of carbonyl (C=O) groups is 1. The van der Waals surface area contributed by atoms with Crippen LogP contribution in [0.4, 0.5) is 4.79 Å². The third kappa shape index (κ3) is 7.45. The van der Waals surface area contributed by atoms with Gasteiger partial charge in [0.15, 0.2) is 0 Å². The predicted molar refractivity (Wildman–Crippen MR) is 98.4 cm³/mol. The largest absolute Gasteiger partial charge is 0.494 e. The molecule has 0 aromatic heterocycles. The summed E-state index contributed by atoms with van der Waals surface area (Å²) in [5.74, 6) is 6.94. The Kier molecular flexibility index (Phi) is 7.93. The zero-order chi connectivity index (χ0) is 17.7. The van der Waals surface area contributed by atoms with E-state index in [1.165, 1.54) is 0 Å². The van der Waals surface area contributed by atoms with Crippen molar-refractivity contribution in [2.75, 3.05) is 13.2 Å². The third-order valence-electron chi connectivity index (χ3n) is 3.27. The lowest BCUT2D eigenvalue weighted by Gasteiger charge is -2.05. The molecule has 4 nitrogen and oxygen atoms in total. The fourth-order valence-electron chi connectivity index (χ4n) is 2.05. The van der Waals surface area contributed by atoms with E-state index in [1.54, 1.807) is 0 Å². The minimum atomic E-state index is -0.430. The summed E-state index contributed by atoms with van der Waals surface area (Å²) in [6.45, 7) is 3.49. The van der Waals surface area contributed by atoms with Crippen LogP contribution in [0.3, 0.4) is 0 Å². The summed E-state index contributed by atoms with van der Waals surface area (Å²) >= 11 is 0. The van der Waals surface area contributed by atoms with Gasteiger partial charge in [0.25, 0.3) is 0 Å². The molecule has 4 heteroatoms. The lowest BCUT2D eigenvalue weighted by atomic mass is 10.2. The number of benzene rings is 2. The summed E-state index contributed by atoms with van der Waals surface area (Å²) in [7, 11) is 0. The zero-order valence-corrected chi connectivity index (χ0v) is 14.5. The van der Waals surface area contributed by atoms with Gasteiger partial charge in [0.2, 0.25) is 0 Å². The number of alkyl carbamates (subject to hydrolysis) is 1. The molecule has 0 aliphatic rings. The molecule has 0 saturated carbocycles. The molecule has 0 unspecified atom stereocenters. The number of rotatable bonds is 7. The van der Waals surface area contributed by atoms with Gasteiger partial charge in [-0.15, -0.1) is 0 Å². The predicted octanol–water partition coefficient (Wildman–Crippen LogP) is 4.14. The van der Waals surface area contributed by atoms with Gasteiger partial charge >= 0.3 is 6.09 Å². The number of ether oxygens (including phenoxy) is 2. The Morgan fingerprint density at radius 2 is 1.96 bits per heavy atom. The summed E-state index contributed by atoms with van der Waals surface area (Å²) in [4.78, 5) is 11.6. The van der Waals surface area contributed by atoms with E-state index in [0.717, 1.165) is 23.3 Å². The van der Waals surface area contributed by atoms with Crippen LogP contribution in [-0.4, -0.2) is 19.2 Å². The van der Waals surface area contributed by atoms with E-state index in [-0.39, 0.29) is 6.61 Å². The van der Waals surface area contributed by atoms with Crippen LogP contribution in [0.2, 0.25) is 0 Å². The van der Waals surface area contributed by atoms with Crippen molar-refractivity contribution < 1.29 is 14.3 Å². The molecule has 0 aliphatic heterocycles. The van der Waals surface area contributed by atoms with Crippen LogP contribution in [0.1, 0.15) is 30.9 Å². The summed E-state index contributed by atoms with van der Waals surface area (Å²) in [5, 5.41) is 2.69. The number of hydrogen-bond donors (Lipinski definition) is 1. The van der Waals surface area contributed by atoms with E-state index < -0.39 is 6.09 Å². The topological polar surface area (TPSA) is 47.6 Å². The number of hydrogen-bond acceptors (Lipinski definition) is 3. The van der Waals surface area contributed by atoms with Crippen molar-refractivity contribution in [3.05, 3.63) is 65.7 Å². The molecule has 25 heavy (non-hydrogen) atoms. The first-order chi connectivity index (χ1) is 12.3. The second-order valence-electron chi connectivity index (χ2n) is 5.42. The monoisotopic (exact) mass is 337 g/mol. The molecule has 2 rings (SSSR count). The van der Waals surface area contributed by atoms with Crippen LogP contribution in [0.25, 0.3) is 0 Å². The van der Waals surface area contributed by atoms with Gasteiger partial charge in [0, 0.05) is 18.5 Å². The highest BCUT2D eigenvalue weighted by Crippen LogP contribution is 2.12. The summed E-state index contributed by atoms with van der Waals surface area (Å²) < 4.78 is 10.7. The molecular formula is C21H23NO3. The molecule has 0 saturated heterocycles. The zero-order valence-electron chi connectivity index (χ0n) is 14.5. The maximum absolute atomic E-state index is 11.6. The molecule has 0 heterocycles. The summed E-state index contributed by atoms with van der Waals surface area (Å²) in [5.41, 5.74) is 1.86. The molecule has 2 aromatic rings. The molecular weight excluding hydrogens is 314 g/mol. The van der Waals surface area contributed by atoms with Crippen LogP contribution < -0.4 is 10.1 Å². The van der Waals surface area contributed by atoms with Crippen LogP contribution in [0.5, 0.6) is 5.75 Å². The smallest absolute Gasteiger partial charge is 0.407 e. The van der Waals surface area contributed by atoms with E-state index in [9.17, 15) is 4.79 Å². The Hall–Kier alpha value is -2.93. The van der Waals surface area contributed by atoms with Gasteiger partial charge in [0.1, 0.15) is 12.4 Å². The van der Waals surface area contributed by atoms with Crippen molar-refractivity contribution in [1.29, 1.82) is 0 Å². The number of carbonyl (C=O) groups excluding carboxylic acids is 1. The minimum absolute atomic E-state index is 0.267. The third-order valence-corrected chi connectivity index (χ3v) is 3.27. The van der Waals surface area contributed by atoms with Gasteiger partial charge in [-0.3, -0.25) is 0 Å². The highest BCUT2D eigenvalue weighted by atomic mass is 16.5. The summed E-state index contributed by atoms with van der Waals surface area (Å²) in [6.07, 6.45) is 1.10. The summed E-state index contributed by atoms with van der Waals surface area (Å²) in [6, 6.07) is 17.3. The van der Waals surface area contributed by atoms with E-state index >= 15 is 0 Å². The normalized spacial score (nSPS) is 9.64. The number of nitrogens with one attached hydrogen (secondary N) is 1. The molecule has 2 aromatic carbocycles. The minimum Gasteiger partial charge on any atom is -0.494 e. The molecule has 1 N–H and O–H groups in total. The SMILES string of the molecule is CCCOc1cccc(C#CCCNC(=O)OCc2ccccc2)c1. The van der Waals surface area contributed by atoms with Crippen LogP contribution >= 0.6 is 0 Å². The Labute approximate surface area is 149 Å². The fourth-order valence-corrected chi connectivity index (χ4v) is 2.05. The molecule has 130 valence electrons. The van der Waals surface area contributed by atoms with Crippen molar-refractivity contribution in [2.24, 2.45) is 0 Å². The van der Waals surface area contributed by atoms with Crippen LogP contribution in [0.15, 0.2) is 54.6 Å². The van der Waals surface area contributed by atoms with Gasteiger partial charge in [-0.2, -0.15) is 0 Å². The first kappa shape index (κ1) is 18.4. The second kappa shape index (κ2) is 10.8. The molecule has 1 amide bonds. The van der Waals surface area contributed by atoms with Gasteiger partial charge < -0.3 is 14.8 Å². The van der Waals surface area contributed by atoms with Crippen LogP contribution in [0, 0.1) is 11.8 Å². The maximum atomic E-state index is 11.6. The lowest BCUT2D eigenvalue weighted by molar-refractivity contribution is 0.140. The quantitative estimate of drug-likeness (QED) is 0.610. The first-order valence-electron chi connectivity index (χ1n) is 8.44. The average molecular weight is 337 g/mol. The lowest BCUT2D eigenvalue weighted by Crippen LogP contribution is -2.24. The molecule has 0 spiro atoms. The van der Waals surface area contributed by atoms with Crippen molar-refractivity contribution in [3.8, 4) is 17.6 Å². The molecule has 0 aliphatic carbocycles. The Morgan fingerprint density at radius 1 is 1.12 bits per heavy atom. The second-order valence-corrected chi connectivity index (χ2v) is 5.42. The molecule has 0 radical (unpaired) electrons. The first-order valence-corrected chi connectivity index (χ1v) is 8.44. The van der Waals surface area contributed by atoms with Crippen molar-refractivity contribution in [2.45, 2.75) is 26.4 Å². The van der Waals surface area contributed by atoms with Gasteiger partial charge in [-0.05, 0) is 30.2 Å². The van der Waals surface area contributed by atoms with Gasteiger partial charge in [-0.1, -0.05) is 55.2 Å². The molecule has 0 atom stereocenters. The van der Waals surface area contributed by atoms with E-state index in [0.29, 0.717) is 19.6 Å². The van der Waals surface area contributed by atoms with Crippen molar-refractivity contribution in [1.82, 2.24) is 5.32 Å². The average Bonchev–Trinajstić information content (AvgIpc) is 2.65. The Balaban J connectivity index is 1.67. The molecule has 0 fully saturated rings. The Morgan fingerprint density at radius 3 is 2.76 bits per heavy atom. The van der Waals surface area contributed by atoms with E-state index in [1.807, 2.05) is 54.6 Å². The van der Waals surface area contributed by atoms with Gasteiger partial charge in [-0.25, -0.2) is 4.79 Å². The van der Waals surface area contributed by atoms with Crippen molar-refractivity contribution >= 4 is 6.09 Å². The van der Waals surface area contributed by atoms with E-state index in [2.05, 4.69) is 24.1 Å². The van der Waals surface area contributed by atoms with E-state index in [4.69, 9.17) is 9.47 Å².